The molecular weight excluding hydrogens is 520 g/mol. The Morgan fingerprint density at radius 2 is 1.53 bits per heavy atom. The van der Waals surface area contributed by atoms with Gasteiger partial charge in [0.2, 0.25) is 0 Å². The predicted molar refractivity (Wildman–Crippen MR) is 138 cm³/mol. The number of ether oxygens (including phenoxy) is 1. The molecule has 0 saturated carbocycles. The van der Waals surface area contributed by atoms with Crippen LogP contribution in [0.15, 0.2) is 42.5 Å². The summed E-state index contributed by atoms with van der Waals surface area (Å²) in [7, 11) is 0. The van der Waals surface area contributed by atoms with Crippen molar-refractivity contribution in [2.75, 3.05) is 33.0 Å². The van der Waals surface area contributed by atoms with E-state index in [2.05, 4.69) is 10.6 Å². The van der Waals surface area contributed by atoms with Crippen molar-refractivity contribution in [3.05, 3.63) is 69.7 Å². The van der Waals surface area contributed by atoms with E-state index in [-0.39, 0.29) is 6.54 Å². The van der Waals surface area contributed by atoms with E-state index in [4.69, 9.17) is 16.3 Å². The van der Waals surface area contributed by atoms with E-state index in [9.17, 15) is 40.5 Å². The molecule has 1 unspecified atom stereocenters. The molecule has 0 aliphatic carbocycles. The zero-order valence-electron chi connectivity index (χ0n) is 20.7. The average Bonchev–Trinajstić information content (AvgIpc) is 2.93. The lowest BCUT2D eigenvalue weighted by Gasteiger charge is -2.40. The number of nitrogens with one attached hydrogen (secondary N) is 2. The number of hydrogen-bond acceptors (Lipinski definition) is 9. The molecule has 1 heterocycles. The smallest absolute Gasteiger partial charge is 0.315 e. The van der Waals surface area contributed by atoms with Crippen LogP contribution < -0.4 is 10.6 Å². The molecule has 0 bridgehead atoms. The minimum atomic E-state index is -1.49. The van der Waals surface area contributed by atoms with Crippen molar-refractivity contribution >= 4 is 17.6 Å². The van der Waals surface area contributed by atoms with Gasteiger partial charge in [-0.05, 0) is 41.2 Å². The lowest BCUT2D eigenvalue weighted by atomic mass is 9.90. The number of aliphatic hydroxyl groups is 7. The van der Waals surface area contributed by atoms with Crippen LogP contribution in [0.2, 0.25) is 5.02 Å². The predicted octanol–water partition coefficient (Wildman–Crippen LogP) is -0.997. The van der Waals surface area contributed by atoms with Crippen molar-refractivity contribution in [1.29, 1.82) is 0 Å². The monoisotopic (exact) mass is 554 g/mol. The van der Waals surface area contributed by atoms with Gasteiger partial charge in [0.1, 0.15) is 36.1 Å². The second-order valence-corrected chi connectivity index (χ2v) is 9.89. The van der Waals surface area contributed by atoms with E-state index in [1.165, 1.54) is 0 Å². The van der Waals surface area contributed by atoms with Gasteiger partial charge >= 0.3 is 6.03 Å². The summed E-state index contributed by atoms with van der Waals surface area (Å²) in [5.74, 6) is 0. The number of hydrogen-bond donors (Lipinski definition) is 9. The molecule has 38 heavy (non-hydrogen) atoms. The fourth-order valence-electron chi connectivity index (χ4n) is 4.20. The molecule has 3 rings (SSSR count). The highest BCUT2D eigenvalue weighted by Crippen LogP contribution is 2.34. The van der Waals surface area contributed by atoms with E-state index in [0.717, 1.165) is 16.7 Å². The van der Waals surface area contributed by atoms with Gasteiger partial charge in [0.15, 0.2) is 0 Å². The van der Waals surface area contributed by atoms with Gasteiger partial charge in [-0.15, -0.1) is 0 Å². The van der Waals surface area contributed by atoms with E-state index < -0.39 is 68.5 Å². The Balaban J connectivity index is 1.60. The quantitative estimate of drug-likeness (QED) is 0.168. The molecular formula is C26H35ClN2O9. The fraction of sp³-hybridized carbons (Fsp3) is 0.500. The summed E-state index contributed by atoms with van der Waals surface area (Å²) in [5.41, 5.74) is 1.72. The molecule has 2 aromatic rings. The number of amides is 2. The molecule has 1 aliphatic heterocycles. The summed E-state index contributed by atoms with van der Waals surface area (Å²) in [4.78, 5) is 12.0. The Labute approximate surface area is 225 Å². The lowest BCUT2D eigenvalue weighted by molar-refractivity contribution is -0.231. The largest absolute Gasteiger partial charge is 0.394 e. The molecule has 2 aromatic carbocycles. The van der Waals surface area contributed by atoms with E-state index >= 15 is 0 Å². The molecule has 0 spiro atoms. The molecule has 11 nitrogen and oxygen atoms in total. The summed E-state index contributed by atoms with van der Waals surface area (Å²) in [6, 6.07) is 12.1. The Morgan fingerprint density at radius 3 is 2.13 bits per heavy atom. The molecule has 1 aliphatic rings. The molecule has 5 atom stereocenters. The van der Waals surface area contributed by atoms with Crippen LogP contribution >= 0.6 is 11.6 Å². The standard InChI is InChI=1S/C26H35ClN2O9/c27-19-6-5-17(24-23(36)22(35)21(34)20(11-30)38-24)10-18(19)9-16-3-1-15(2-4-16)7-8-28-25(37)29-26(12-31,13-32)14-33/h1-6,10,20-24,30-36H,7-9,11-14H2,(H2,28,29,37)/t20-,21-,22+,23-,24?/m1/s1. The van der Waals surface area contributed by atoms with E-state index in [0.29, 0.717) is 23.4 Å². The van der Waals surface area contributed by atoms with Crippen LogP contribution in [0.25, 0.3) is 0 Å². The fourth-order valence-corrected chi connectivity index (χ4v) is 4.39. The first-order valence-corrected chi connectivity index (χ1v) is 12.6. The first-order valence-electron chi connectivity index (χ1n) is 12.2. The minimum absolute atomic E-state index is 0.288. The zero-order chi connectivity index (χ0) is 27.9. The van der Waals surface area contributed by atoms with Crippen LogP contribution in [0.1, 0.15) is 28.4 Å². The maximum atomic E-state index is 12.0. The molecule has 1 saturated heterocycles. The average molecular weight is 555 g/mol. The van der Waals surface area contributed by atoms with Gasteiger partial charge in [-0.3, -0.25) is 0 Å². The Bertz CT molecular complexity index is 1040. The van der Waals surface area contributed by atoms with Crippen molar-refractivity contribution in [2.45, 2.75) is 48.9 Å². The Hall–Kier alpha value is -2.32. The van der Waals surface area contributed by atoms with Crippen molar-refractivity contribution in [2.24, 2.45) is 0 Å². The van der Waals surface area contributed by atoms with Crippen LogP contribution in [0, 0.1) is 0 Å². The van der Waals surface area contributed by atoms with Crippen LogP contribution in [0.4, 0.5) is 4.79 Å². The molecule has 210 valence electrons. The highest BCUT2D eigenvalue weighted by Gasteiger charge is 2.44. The summed E-state index contributed by atoms with van der Waals surface area (Å²) < 4.78 is 5.65. The maximum absolute atomic E-state index is 12.0. The molecule has 0 aromatic heterocycles. The number of carbonyl (C=O) groups is 1. The van der Waals surface area contributed by atoms with Crippen LogP contribution in [0.5, 0.6) is 0 Å². The van der Waals surface area contributed by atoms with Crippen molar-refractivity contribution in [3.63, 3.8) is 0 Å². The van der Waals surface area contributed by atoms with Crippen molar-refractivity contribution < 1.29 is 45.3 Å². The molecule has 1 fully saturated rings. The van der Waals surface area contributed by atoms with Crippen LogP contribution in [-0.2, 0) is 17.6 Å². The van der Waals surface area contributed by atoms with Crippen molar-refractivity contribution in [3.8, 4) is 0 Å². The van der Waals surface area contributed by atoms with Crippen LogP contribution in [-0.4, -0.2) is 105 Å². The molecule has 2 amide bonds. The SMILES string of the molecule is O=C(NCCc1ccc(Cc2cc(C3O[C@H](CO)[C@@H](O)[C@H](O)[C@H]3O)ccc2Cl)cc1)NC(CO)(CO)CO. The summed E-state index contributed by atoms with van der Waals surface area (Å²) in [5, 5.41) is 73.4. The number of aliphatic hydroxyl groups excluding tert-OH is 7. The highest BCUT2D eigenvalue weighted by molar-refractivity contribution is 6.31. The zero-order valence-corrected chi connectivity index (χ0v) is 21.5. The normalized spacial score (nSPS) is 23.7. The lowest BCUT2D eigenvalue weighted by Crippen LogP contribution is -2.59. The first-order chi connectivity index (χ1) is 18.2. The van der Waals surface area contributed by atoms with Gasteiger partial charge in [-0.2, -0.15) is 0 Å². The number of benzene rings is 2. The maximum Gasteiger partial charge on any atom is 0.315 e. The number of halogens is 1. The topological polar surface area (TPSA) is 192 Å². The second kappa shape index (κ2) is 13.7. The summed E-state index contributed by atoms with van der Waals surface area (Å²) in [6.07, 6.45) is -5.26. The number of carbonyl (C=O) groups excluding carboxylic acids is 1. The summed E-state index contributed by atoms with van der Waals surface area (Å²) >= 11 is 6.41. The minimum Gasteiger partial charge on any atom is -0.394 e. The van der Waals surface area contributed by atoms with Gasteiger partial charge in [-0.25, -0.2) is 4.79 Å². The Kier molecular flexibility index (Phi) is 10.9. The highest BCUT2D eigenvalue weighted by atomic mass is 35.5. The van der Waals surface area contributed by atoms with Crippen LogP contribution in [0.3, 0.4) is 0 Å². The number of rotatable bonds is 11. The third-order valence-electron chi connectivity index (χ3n) is 6.69. The molecule has 12 heteroatoms. The van der Waals surface area contributed by atoms with Gasteiger partial charge in [0, 0.05) is 11.6 Å². The van der Waals surface area contributed by atoms with Gasteiger partial charge < -0.3 is 51.1 Å². The van der Waals surface area contributed by atoms with Gasteiger partial charge in [-0.1, -0.05) is 48.0 Å². The van der Waals surface area contributed by atoms with E-state index in [1.54, 1.807) is 18.2 Å². The second-order valence-electron chi connectivity index (χ2n) is 9.48. The Morgan fingerprint density at radius 1 is 0.895 bits per heavy atom. The first kappa shape index (κ1) is 30.2. The third kappa shape index (κ3) is 7.20. The third-order valence-corrected chi connectivity index (χ3v) is 7.06. The number of urea groups is 1. The van der Waals surface area contributed by atoms with Crippen molar-refractivity contribution in [1.82, 2.24) is 10.6 Å². The van der Waals surface area contributed by atoms with Gasteiger partial charge in [0.05, 0.1) is 26.4 Å². The van der Waals surface area contributed by atoms with Gasteiger partial charge in [0.25, 0.3) is 0 Å². The molecule has 9 N–H and O–H groups in total. The van der Waals surface area contributed by atoms with E-state index in [1.807, 2.05) is 24.3 Å². The summed E-state index contributed by atoms with van der Waals surface area (Å²) in [6.45, 7) is -2.04. The molecule has 0 radical (unpaired) electrons.